The molecule has 1 aliphatic rings. The molecule has 2 N–H and O–H groups in total. The van der Waals surface area contributed by atoms with Crippen LogP contribution < -0.4 is 5.32 Å². The molecule has 0 spiro atoms. The lowest BCUT2D eigenvalue weighted by Gasteiger charge is -2.35. The number of furan rings is 1. The van der Waals surface area contributed by atoms with Gasteiger partial charge in [-0.2, -0.15) is 0 Å². The zero-order valence-electron chi connectivity index (χ0n) is 13.7. The maximum Gasteiger partial charge on any atom is 0.407 e. The highest BCUT2D eigenvalue weighted by Gasteiger charge is 2.33. The van der Waals surface area contributed by atoms with Gasteiger partial charge in [-0.05, 0) is 45.7 Å². The normalized spacial score (nSPS) is 18.4. The number of hydrogen-bond acceptors (Lipinski definition) is 5. The lowest BCUT2D eigenvalue weighted by molar-refractivity contribution is -0.144. The van der Waals surface area contributed by atoms with E-state index in [0.717, 1.165) is 0 Å². The summed E-state index contributed by atoms with van der Waals surface area (Å²) in [5, 5.41) is 12.3. The van der Waals surface area contributed by atoms with Crippen molar-refractivity contribution in [3.8, 4) is 0 Å². The number of carbonyl (C=O) groups is 2. The summed E-state index contributed by atoms with van der Waals surface area (Å²) in [4.78, 5) is 25.2. The van der Waals surface area contributed by atoms with Crippen LogP contribution in [0.25, 0.3) is 0 Å². The first-order chi connectivity index (χ1) is 10.8. The van der Waals surface area contributed by atoms with E-state index in [-0.39, 0.29) is 6.04 Å². The van der Waals surface area contributed by atoms with Gasteiger partial charge in [0.05, 0.1) is 6.26 Å². The largest absolute Gasteiger partial charge is 0.480 e. The summed E-state index contributed by atoms with van der Waals surface area (Å²) in [5.41, 5.74) is -0.529. The number of carboxylic acids is 1. The molecule has 1 aromatic rings. The molecule has 1 aromatic heterocycles. The standard InChI is InChI=1S/C16H24N2O5/c1-16(2,3)23-15(21)17-11-6-8-18(9-7-11)13(14(19)20)12-5-4-10-22-12/h4-5,10-11,13H,6-9H2,1-3H3,(H,17,21)(H,19,20)/t13-/m0/s1. The number of ether oxygens (including phenoxy) is 1. The minimum absolute atomic E-state index is 0.00727. The molecular weight excluding hydrogens is 300 g/mol. The van der Waals surface area contributed by atoms with E-state index in [1.165, 1.54) is 6.26 Å². The van der Waals surface area contributed by atoms with Crippen LogP contribution in [0.5, 0.6) is 0 Å². The van der Waals surface area contributed by atoms with E-state index in [2.05, 4.69) is 5.32 Å². The zero-order chi connectivity index (χ0) is 17.0. The Balaban J connectivity index is 1.88. The fourth-order valence-corrected chi connectivity index (χ4v) is 2.68. The summed E-state index contributed by atoms with van der Waals surface area (Å²) < 4.78 is 10.5. The van der Waals surface area contributed by atoms with Gasteiger partial charge in [0.1, 0.15) is 11.4 Å². The molecular formula is C16H24N2O5. The summed E-state index contributed by atoms with van der Waals surface area (Å²) in [5.74, 6) is -0.505. The number of hydrogen-bond donors (Lipinski definition) is 2. The minimum atomic E-state index is -0.932. The first-order valence-corrected chi connectivity index (χ1v) is 7.76. The Morgan fingerprint density at radius 1 is 1.39 bits per heavy atom. The van der Waals surface area contributed by atoms with Crippen LogP contribution >= 0.6 is 0 Å². The van der Waals surface area contributed by atoms with Gasteiger partial charge in [0.25, 0.3) is 0 Å². The molecule has 128 valence electrons. The van der Waals surface area contributed by atoms with Gasteiger partial charge in [-0.15, -0.1) is 0 Å². The van der Waals surface area contributed by atoms with Gasteiger partial charge in [-0.1, -0.05) is 0 Å². The van der Waals surface area contributed by atoms with Crippen molar-refractivity contribution in [2.24, 2.45) is 0 Å². The molecule has 7 heteroatoms. The monoisotopic (exact) mass is 324 g/mol. The number of likely N-dealkylation sites (tertiary alicyclic amines) is 1. The number of nitrogens with zero attached hydrogens (tertiary/aromatic N) is 1. The molecule has 2 rings (SSSR count). The van der Waals surface area contributed by atoms with Crippen molar-refractivity contribution in [3.63, 3.8) is 0 Å². The molecule has 0 aliphatic carbocycles. The molecule has 0 bridgehead atoms. The van der Waals surface area contributed by atoms with Crippen molar-refractivity contribution in [2.75, 3.05) is 13.1 Å². The van der Waals surface area contributed by atoms with Crippen molar-refractivity contribution in [3.05, 3.63) is 24.2 Å². The SMILES string of the molecule is CC(C)(C)OC(=O)NC1CCN([C@H](C(=O)O)c2ccco2)CC1. The van der Waals surface area contributed by atoms with E-state index < -0.39 is 23.7 Å². The Kier molecular flexibility index (Phi) is 5.30. The predicted molar refractivity (Wildman–Crippen MR) is 83.0 cm³/mol. The van der Waals surface area contributed by atoms with Crippen LogP contribution in [-0.4, -0.2) is 46.8 Å². The first kappa shape index (κ1) is 17.3. The summed E-state index contributed by atoms with van der Waals surface area (Å²) in [7, 11) is 0. The van der Waals surface area contributed by atoms with Gasteiger partial charge in [-0.25, -0.2) is 4.79 Å². The van der Waals surface area contributed by atoms with Crippen LogP contribution in [0.3, 0.4) is 0 Å². The Bertz CT molecular complexity index is 527. The van der Waals surface area contributed by atoms with Crippen molar-refractivity contribution in [1.82, 2.24) is 10.2 Å². The third-order valence-electron chi connectivity index (χ3n) is 3.66. The number of aliphatic carboxylic acids is 1. The third kappa shape index (κ3) is 4.99. The van der Waals surface area contributed by atoms with E-state index in [1.54, 1.807) is 12.1 Å². The Labute approximate surface area is 135 Å². The second kappa shape index (κ2) is 7.04. The second-order valence-electron chi connectivity index (χ2n) is 6.71. The predicted octanol–water partition coefficient (Wildman–Crippen LogP) is 2.39. The second-order valence-corrected chi connectivity index (χ2v) is 6.71. The van der Waals surface area contributed by atoms with Crippen molar-refractivity contribution >= 4 is 12.1 Å². The fraction of sp³-hybridized carbons (Fsp3) is 0.625. The van der Waals surface area contributed by atoms with Gasteiger partial charge < -0.3 is 19.6 Å². The molecule has 1 amide bonds. The molecule has 0 radical (unpaired) electrons. The maximum absolute atomic E-state index is 11.8. The quantitative estimate of drug-likeness (QED) is 0.883. The zero-order valence-corrected chi connectivity index (χ0v) is 13.7. The lowest BCUT2D eigenvalue weighted by atomic mass is 10.0. The highest BCUT2D eigenvalue weighted by molar-refractivity contribution is 5.74. The van der Waals surface area contributed by atoms with Gasteiger partial charge in [-0.3, -0.25) is 9.69 Å². The van der Waals surface area contributed by atoms with E-state index >= 15 is 0 Å². The van der Waals surface area contributed by atoms with Crippen molar-refractivity contribution < 1.29 is 23.8 Å². The highest BCUT2D eigenvalue weighted by Crippen LogP contribution is 2.25. The number of amides is 1. The van der Waals surface area contributed by atoms with Crippen LogP contribution in [0, 0.1) is 0 Å². The van der Waals surface area contributed by atoms with Crippen LogP contribution in [0.15, 0.2) is 22.8 Å². The average Bonchev–Trinajstić information content (AvgIpc) is 2.92. The number of piperidine rings is 1. The molecule has 1 atom stereocenters. The number of alkyl carbamates (subject to hydrolysis) is 1. The number of carboxylic acid groups (broad SMARTS) is 1. The highest BCUT2D eigenvalue weighted by atomic mass is 16.6. The van der Waals surface area contributed by atoms with Gasteiger partial charge >= 0.3 is 12.1 Å². The molecule has 1 aliphatic heterocycles. The molecule has 1 saturated heterocycles. The maximum atomic E-state index is 11.8. The summed E-state index contributed by atoms with van der Waals surface area (Å²) >= 11 is 0. The first-order valence-electron chi connectivity index (χ1n) is 7.76. The van der Waals surface area contributed by atoms with E-state index in [9.17, 15) is 14.7 Å². The van der Waals surface area contributed by atoms with E-state index in [1.807, 2.05) is 25.7 Å². The summed E-state index contributed by atoms with van der Waals surface area (Å²) in [6.07, 6.45) is 2.38. The molecule has 2 heterocycles. The Hall–Kier alpha value is -2.02. The topological polar surface area (TPSA) is 92.0 Å². The Morgan fingerprint density at radius 3 is 2.52 bits per heavy atom. The van der Waals surface area contributed by atoms with Crippen LogP contribution in [0.4, 0.5) is 4.79 Å². The lowest BCUT2D eigenvalue weighted by Crippen LogP contribution is -2.48. The summed E-state index contributed by atoms with van der Waals surface area (Å²) in [6, 6.07) is 2.56. The number of rotatable bonds is 4. The van der Waals surface area contributed by atoms with Gasteiger partial charge in [0.2, 0.25) is 0 Å². The van der Waals surface area contributed by atoms with Crippen LogP contribution in [0.2, 0.25) is 0 Å². The number of carbonyl (C=O) groups excluding carboxylic acids is 1. The van der Waals surface area contributed by atoms with Crippen molar-refractivity contribution in [1.29, 1.82) is 0 Å². The summed E-state index contributed by atoms with van der Waals surface area (Å²) in [6.45, 7) is 6.58. The molecule has 0 unspecified atom stereocenters. The molecule has 0 aromatic carbocycles. The third-order valence-corrected chi connectivity index (χ3v) is 3.66. The van der Waals surface area contributed by atoms with Crippen LogP contribution in [-0.2, 0) is 9.53 Å². The Morgan fingerprint density at radius 2 is 2.04 bits per heavy atom. The molecule has 7 nitrogen and oxygen atoms in total. The molecule has 23 heavy (non-hydrogen) atoms. The van der Waals surface area contributed by atoms with E-state index in [0.29, 0.717) is 31.7 Å². The fourth-order valence-electron chi connectivity index (χ4n) is 2.68. The van der Waals surface area contributed by atoms with E-state index in [4.69, 9.17) is 9.15 Å². The smallest absolute Gasteiger partial charge is 0.407 e. The minimum Gasteiger partial charge on any atom is -0.480 e. The van der Waals surface area contributed by atoms with Crippen molar-refractivity contribution in [2.45, 2.75) is 51.3 Å². The molecule has 1 fully saturated rings. The van der Waals surface area contributed by atoms with Crippen LogP contribution in [0.1, 0.15) is 45.4 Å². The van der Waals surface area contributed by atoms with Gasteiger partial charge in [0, 0.05) is 19.1 Å². The van der Waals surface area contributed by atoms with Gasteiger partial charge in [0.15, 0.2) is 6.04 Å². The number of nitrogens with one attached hydrogen (secondary N) is 1. The average molecular weight is 324 g/mol. The molecule has 0 saturated carbocycles.